The first kappa shape index (κ1) is 24.0. The number of hydrogen-bond acceptors (Lipinski definition) is 7. The van der Waals surface area contributed by atoms with Crippen LogP contribution in [-0.4, -0.2) is 47.6 Å². The number of sulfonamides is 2. The average Bonchev–Trinajstić information content (AvgIpc) is 2.77. The Morgan fingerprint density at radius 2 is 1.73 bits per heavy atom. The van der Waals surface area contributed by atoms with Crippen LogP contribution in [0.15, 0.2) is 78.0 Å². The SMILES string of the molecule is COc1cccc(N(CC(=O)Nc2ccc(S(=O)(=O)Nc3cccnc3)cc2)S(C)(=O)=O)c1. The Bertz CT molecular complexity index is 1330. The highest BCUT2D eigenvalue weighted by atomic mass is 32.2. The fourth-order valence-electron chi connectivity index (χ4n) is 2.85. The molecule has 0 saturated carbocycles. The van der Waals surface area contributed by atoms with E-state index in [1.54, 1.807) is 30.3 Å². The van der Waals surface area contributed by atoms with Gasteiger partial charge in [0.05, 0.1) is 35.8 Å². The van der Waals surface area contributed by atoms with E-state index >= 15 is 0 Å². The van der Waals surface area contributed by atoms with E-state index in [1.165, 1.54) is 49.8 Å². The van der Waals surface area contributed by atoms with Gasteiger partial charge in [-0.25, -0.2) is 16.8 Å². The summed E-state index contributed by atoms with van der Waals surface area (Å²) in [5.41, 5.74) is 0.891. The molecular formula is C21H22N4O6S2. The molecule has 0 atom stereocenters. The van der Waals surface area contributed by atoms with Crippen molar-refractivity contribution in [1.29, 1.82) is 0 Å². The topological polar surface area (TPSA) is 135 Å². The fraction of sp³-hybridized carbons (Fsp3) is 0.143. The highest BCUT2D eigenvalue weighted by Crippen LogP contribution is 2.23. The quantitative estimate of drug-likeness (QED) is 0.470. The van der Waals surface area contributed by atoms with Crippen LogP contribution >= 0.6 is 0 Å². The van der Waals surface area contributed by atoms with Crippen molar-refractivity contribution in [3.05, 3.63) is 73.1 Å². The number of ether oxygens (including phenoxy) is 1. The van der Waals surface area contributed by atoms with Crippen LogP contribution in [0.1, 0.15) is 0 Å². The Hall–Kier alpha value is -3.64. The first-order chi connectivity index (χ1) is 15.6. The van der Waals surface area contributed by atoms with Gasteiger partial charge in [-0.15, -0.1) is 0 Å². The molecule has 1 heterocycles. The second-order valence-corrected chi connectivity index (χ2v) is 10.5. The minimum atomic E-state index is -3.84. The first-order valence-corrected chi connectivity index (χ1v) is 12.9. The lowest BCUT2D eigenvalue weighted by Crippen LogP contribution is -2.37. The second kappa shape index (κ2) is 9.88. The largest absolute Gasteiger partial charge is 0.497 e. The normalized spacial score (nSPS) is 11.5. The molecule has 0 fully saturated rings. The Kier molecular flexibility index (Phi) is 7.19. The number of benzene rings is 2. The van der Waals surface area contributed by atoms with Crippen molar-refractivity contribution in [1.82, 2.24) is 4.98 Å². The van der Waals surface area contributed by atoms with E-state index in [0.717, 1.165) is 10.6 Å². The van der Waals surface area contributed by atoms with Gasteiger partial charge in [0.1, 0.15) is 12.3 Å². The molecule has 0 bridgehead atoms. The van der Waals surface area contributed by atoms with Crippen LogP contribution in [0, 0.1) is 0 Å². The van der Waals surface area contributed by atoms with Gasteiger partial charge in [-0.05, 0) is 48.5 Å². The van der Waals surface area contributed by atoms with E-state index in [-0.39, 0.29) is 10.6 Å². The number of anilines is 3. The van der Waals surface area contributed by atoms with Crippen LogP contribution < -0.4 is 19.1 Å². The summed E-state index contributed by atoms with van der Waals surface area (Å²) in [6.45, 7) is -0.478. The molecule has 2 N–H and O–H groups in total. The summed E-state index contributed by atoms with van der Waals surface area (Å²) >= 11 is 0. The summed E-state index contributed by atoms with van der Waals surface area (Å²) in [7, 11) is -6.15. The predicted molar refractivity (Wildman–Crippen MR) is 125 cm³/mol. The third kappa shape index (κ3) is 6.43. The maximum absolute atomic E-state index is 12.5. The number of nitrogens with zero attached hydrogens (tertiary/aromatic N) is 2. The Labute approximate surface area is 192 Å². The van der Waals surface area contributed by atoms with E-state index < -0.39 is 32.5 Å². The maximum atomic E-state index is 12.5. The summed E-state index contributed by atoms with van der Waals surface area (Å²) in [4.78, 5) is 16.4. The summed E-state index contributed by atoms with van der Waals surface area (Å²) in [5, 5.41) is 2.57. The smallest absolute Gasteiger partial charge is 0.261 e. The van der Waals surface area contributed by atoms with Crippen LogP contribution in [0.3, 0.4) is 0 Å². The van der Waals surface area contributed by atoms with Gasteiger partial charge in [0.2, 0.25) is 15.9 Å². The summed E-state index contributed by atoms with van der Waals surface area (Å²) in [6.07, 6.45) is 3.89. The van der Waals surface area contributed by atoms with Crippen molar-refractivity contribution in [2.75, 3.05) is 34.3 Å². The van der Waals surface area contributed by atoms with Crippen molar-refractivity contribution in [2.45, 2.75) is 4.90 Å². The van der Waals surface area contributed by atoms with Gasteiger partial charge >= 0.3 is 0 Å². The zero-order valence-corrected chi connectivity index (χ0v) is 19.4. The molecule has 2 aromatic carbocycles. The number of carbonyl (C=O) groups excluding carboxylic acids is 1. The lowest BCUT2D eigenvalue weighted by molar-refractivity contribution is -0.114. The van der Waals surface area contributed by atoms with Gasteiger partial charge in [0.15, 0.2) is 0 Å². The lowest BCUT2D eigenvalue weighted by Gasteiger charge is -2.22. The van der Waals surface area contributed by atoms with Gasteiger partial charge in [-0.2, -0.15) is 0 Å². The lowest BCUT2D eigenvalue weighted by atomic mass is 10.3. The molecule has 0 saturated heterocycles. The van der Waals surface area contributed by atoms with Crippen molar-refractivity contribution in [2.24, 2.45) is 0 Å². The minimum Gasteiger partial charge on any atom is -0.497 e. The Morgan fingerprint density at radius 1 is 1.00 bits per heavy atom. The van der Waals surface area contributed by atoms with Crippen molar-refractivity contribution < 1.29 is 26.4 Å². The molecule has 1 aromatic heterocycles. The van der Waals surface area contributed by atoms with E-state index in [2.05, 4.69) is 15.0 Å². The van der Waals surface area contributed by atoms with Crippen LogP contribution in [0.25, 0.3) is 0 Å². The number of amides is 1. The Balaban J connectivity index is 1.71. The number of hydrogen-bond donors (Lipinski definition) is 2. The molecule has 12 heteroatoms. The number of aromatic nitrogens is 1. The second-order valence-electron chi connectivity index (χ2n) is 6.89. The van der Waals surface area contributed by atoms with Crippen molar-refractivity contribution >= 4 is 43.0 Å². The van der Waals surface area contributed by atoms with E-state index in [4.69, 9.17) is 4.74 Å². The molecule has 33 heavy (non-hydrogen) atoms. The van der Waals surface area contributed by atoms with Gasteiger partial charge < -0.3 is 10.1 Å². The molecule has 3 aromatic rings. The number of nitrogens with one attached hydrogen (secondary N) is 2. The third-order valence-corrected chi connectivity index (χ3v) is 6.93. The summed E-state index contributed by atoms with van der Waals surface area (Å²) < 4.78 is 57.9. The third-order valence-electron chi connectivity index (χ3n) is 4.39. The minimum absolute atomic E-state index is 0.0153. The van der Waals surface area contributed by atoms with Crippen LogP contribution in [-0.2, 0) is 24.8 Å². The van der Waals surface area contributed by atoms with E-state index in [1.807, 2.05) is 0 Å². The van der Waals surface area contributed by atoms with Crippen LogP contribution in [0.2, 0.25) is 0 Å². The molecule has 0 aliphatic heterocycles. The molecule has 0 radical (unpaired) electrons. The van der Waals surface area contributed by atoms with E-state index in [9.17, 15) is 21.6 Å². The maximum Gasteiger partial charge on any atom is 0.261 e. The number of pyridine rings is 1. The summed E-state index contributed by atoms with van der Waals surface area (Å²) in [6, 6.07) is 14.9. The molecule has 10 nitrogen and oxygen atoms in total. The number of methoxy groups -OCH3 is 1. The zero-order chi connectivity index (χ0) is 24.1. The zero-order valence-electron chi connectivity index (χ0n) is 17.8. The highest BCUT2D eigenvalue weighted by Gasteiger charge is 2.22. The van der Waals surface area contributed by atoms with Gasteiger partial charge in [-0.3, -0.25) is 18.8 Å². The monoisotopic (exact) mass is 490 g/mol. The first-order valence-electron chi connectivity index (χ1n) is 9.53. The molecule has 1 amide bonds. The average molecular weight is 491 g/mol. The van der Waals surface area contributed by atoms with E-state index in [0.29, 0.717) is 17.1 Å². The summed E-state index contributed by atoms with van der Waals surface area (Å²) in [5.74, 6) is -0.161. The molecule has 0 aliphatic rings. The molecule has 0 unspecified atom stereocenters. The Morgan fingerprint density at radius 3 is 2.33 bits per heavy atom. The number of carbonyl (C=O) groups is 1. The highest BCUT2D eigenvalue weighted by molar-refractivity contribution is 7.92. The predicted octanol–water partition coefficient (Wildman–Crippen LogP) is 2.30. The molecule has 0 spiro atoms. The van der Waals surface area contributed by atoms with Gasteiger partial charge in [0, 0.05) is 18.0 Å². The van der Waals surface area contributed by atoms with Crippen LogP contribution in [0.5, 0.6) is 5.75 Å². The molecule has 3 rings (SSSR count). The fourth-order valence-corrected chi connectivity index (χ4v) is 4.74. The van der Waals surface area contributed by atoms with Gasteiger partial charge in [-0.1, -0.05) is 6.07 Å². The van der Waals surface area contributed by atoms with Crippen LogP contribution in [0.4, 0.5) is 17.1 Å². The van der Waals surface area contributed by atoms with Crippen molar-refractivity contribution in [3.8, 4) is 5.75 Å². The number of rotatable bonds is 9. The molecule has 0 aliphatic carbocycles. The molecule has 174 valence electrons. The molecular weight excluding hydrogens is 468 g/mol. The van der Waals surface area contributed by atoms with Crippen molar-refractivity contribution in [3.63, 3.8) is 0 Å². The standard InChI is InChI=1S/C21H22N4O6S2/c1-31-19-7-3-6-18(13-19)25(32(2,27)28)15-21(26)23-16-8-10-20(11-9-16)33(29,30)24-17-5-4-12-22-14-17/h3-14,24H,15H2,1-2H3,(H,23,26). The van der Waals surface area contributed by atoms with Gasteiger partial charge in [0.25, 0.3) is 10.0 Å².